The number of non-ortho nitro benzene ring substituents is 1. The fourth-order valence-corrected chi connectivity index (χ4v) is 8.26. The molecule has 1 N–H and O–H groups in total. The third kappa shape index (κ3) is 8.73. The number of nitro benzene ring substituents is 1. The molecule has 0 aromatic heterocycles. The molecule has 9 heteroatoms. The Labute approximate surface area is 274 Å². The number of aryl methyl sites for hydroxylation is 1. The number of likely N-dealkylation sites (tertiary alicyclic amines) is 2. The van der Waals surface area contributed by atoms with Crippen LogP contribution in [0.5, 0.6) is 0 Å². The number of carbonyl (C=O) groups excluding carboxylic acids is 1. The van der Waals surface area contributed by atoms with Crippen molar-refractivity contribution in [2.45, 2.75) is 95.6 Å². The standard InChI is InChI=1S/C37H52N4O5/c1-2-3-22-40(35(42)19-16-28-14-17-33(18-15-28)41(45)46)32-20-23-38(24-21-32)25-31-26-39(27-34(31)29-10-6-4-7-11-29)36(37(43)44)30-12-8-5-9-13-30/h4,6-7,10-11,14-15,17-18,30-32,34,36H,2-3,5,8-9,12-13,16,19-27H2,1H3,(H,43,44). The van der Waals surface area contributed by atoms with E-state index in [1.165, 1.54) is 24.1 Å². The Morgan fingerprint density at radius 2 is 1.67 bits per heavy atom. The molecule has 2 aromatic carbocycles. The van der Waals surface area contributed by atoms with Gasteiger partial charge in [0.2, 0.25) is 5.91 Å². The first-order valence-electron chi connectivity index (χ1n) is 17.6. The summed E-state index contributed by atoms with van der Waals surface area (Å²) < 4.78 is 0. The molecule has 0 spiro atoms. The van der Waals surface area contributed by atoms with Gasteiger partial charge >= 0.3 is 5.97 Å². The van der Waals surface area contributed by atoms with Gasteiger partial charge in [0.15, 0.2) is 0 Å². The van der Waals surface area contributed by atoms with E-state index in [0.29, 0.717) is 24.7 Å². The summed E-state index contributed by atoms with van der Waals surface area (Å²) in [6.07, 6.45) is 10.4. The van der Waals surface area contributed by atoms with Crippen molar-refractivity contribution in [2.75, 3.05) is 39.3 Å². The molecule has 0 radical (unpaired) electrons. The molecule has 2 aliphatic heterocycles. The smallest absolute Gasteiger partial charge is 0.321 e. The third-order valence-corrected chi connectivity index (χ3v) is 10.8. The highest BCUT2D eigenvalue weighted by molar-refractivity contribution is 5.77. The number of hydrogen-bond acceptors (Lipinski definition) is 6. The molecule has 2 aromatic rings. The first kappa shape index (κ1) is 34.0. The average molecular weight is 633 g/mol. The molecule has 0 bridgehead atoms. The molecule has 5 rings (SSSR count). The lowest BCUT2D eigenvalue weighted by molar-refractivity contribution is -0.384. The zero-order valence-electron chi connectivity index (χ0n) is 27.5. The lowest BCUT2D eigenvalue weighted by Gasteiger charge is -2.40. The van der Waals surface area contributed by atoms with Gasteiger partial charge in [-0.2, -0.15) is 0 Å². The number of hydrogen-bond donors (Lipinski definition) is 1. The topological polar surface area (TPSA) is 107 Å². The van der Waals surface area contributed by atoms with Crippen molar-refractivity contribution in [3.8, 4) is 0 Å². The normalized spacial score (nSPS) is 22.5. The van der Waals surface area contributed by atoms with Crippen molar-refractivity contribution in [1.29, 1.82) is 0 Å². The number of aliphatic carboxylic acids is 1. The van der Waals surface area contributed by atoms with Gasteiger partial charge in [0.05, 0.1) is 4.92 Å². The van der Waals surface area contributed by atoms with Crippen LogP contribution >= 0.6 is 0 Å². The Morgan fingerprint density at radius 3 is 2.30 bits per heavy atom. The Morgan fingerprint density at radius 1 is 0.978 bits per heavy atom. The molecule has 1 amide bonds. The molecule has 1 aliphatic carbocycles. The van der Waals surface area contributed by atoms with Gasteiger partial charge in [-0.05, 0) is 61.5 Å². The van der Waals surface area contributed by atoms with E-state index >= 15 is 0 Å². The van der Waals surface area contributed by atoms with Crippen LogP contribution < -0.4 is 0 Å². The maximum atomic E-state index is 13.5. The van der Waals surface area contributed by atoms with E-state index in [-0.39, 0.29) is 23.6 Å². The zero-order valence-corrected chi connectivity index (χ0v) is 27.5. The van der Waals surface area contributed by atoms with Gasteiger partial charge in [-0.25, -0.2) is 0 Å². The van der Waals surface area contributed by atoms with Crippen LogP contribution in [-0.4, -0.2) is 88.0 Å². The number of carboxylic acid groups (broad SMARTS) is 1. The van der Waals surface area contributed by atoms with Gasteiger partial charge in [-0.3, -0.25) is 24.6 Å². The van der Waals surface area contributed by atoms with Crippen molar-refractivity contribution < 1.29 is 19.6 Å². The number of carbonyl (C=O) groups is 2. The van der Waals surface area contributed by atoms with E-state index in [9.17, 15) is 24.8 Å². The lowest BCUT2D eigenvalue weighted by atomic mass is 9.83. The fraction of sp³-hybridized carbons (Fsp3) is 0.622. The summed E-state index contributed by atoms with van der Waals surface area (Å²) in [6.45, 7) is 7.36. The van der Waals surface area contributed by atoms with Crippen molar-refractivity contribution in [1.82, 2.24) is 14.7 Å². The minimum atomic E-state index is -0.661. The van der Waals surface area contributed by atoms with Gasteiger partial charge in [0, 0.05) is 69.8 Å². The number of nitrogens with zero attached hydrogens (tertiary/aromatic N) is 4. The monoisotopic (exact) mass is 632 g/mol. The Bertz CT molecular complexity index is 1270. The van der Waals surface area contributed by atoms with Crippen molar-refractivity contribution >= 4 is 17.6 Å². The van der Waals surface area contributed by atoms with Gasteiger partial charge < -0.3 is 14.9 Å². The Hall–Kier alpha value is -3.30. The van der Waals surface area contributed by atoms with Crippen LogP contribution in [-0.2, 0) is 16.0 Å². The second kappa shape index (κ2) is 16.5. The molecule has 3 unspecified atom stereocenters. The molecule has 1 saturated carbocycles. The number of nitro groups is 1. The average Bonchev–Trinajstić information content (AvgIpc) is 3.48. The van der Waals surface area contributed by atoms with Gasteiger partial charge in [-0.15, -0.1) is 0 Å². The van der Waals surface area contributed by atoms with E-state index in [0.717, 1.165) is 96.2 Å². The van der Waals surface area contributed by atoms with E-state index in [2.05, 4.69) is 52.0 Å². The van der Waals surface area contributed by atoms with Gasteiger partial charge in [-0.1, -0.05) is 75.1 Å². The molecule has 3 fully saturated rings. The Kier molecular flexibility index (Phi) is 12.2. The number of amides is 1. The van der Waals surface area contributed by atoms with Crippen molar-refractivity contribution in [3.05, 3.63) is 75.8 Å². The van der Waals surface area contributed by atoms with E-state index in [4.69, 9.17) is 0 Å². The van der Waals surface area contributed by atoms with Crippen LogP contribution in [0.3, 0.4) is 0 Å². The highest BCUT2D eigenvalue weighted by Gasteiger charge is 2.43. The maximum absolute atomic E-state index is 13.5. The second-order valence-corrected chi connectivity index (χ2v) is 13.8. The molecule has 3 aliphatic rings. The number of carboxylic acids is 1. The van der Waals surface area contributed by atoms with Crippen LogP contribution in [0.25, 0.3) is 0 Å². The van der Waals surface area contributed by atoms with Crippen LogP contribution in [0.4, 0.5) is 5.69 Å². The highest BCUT2D eigenvalue weighted by atomic mass is 16.6. The highest BCUT2D eigenvalue weighted by Crippen LogP contribution is 2.38. The first-order chi connectivity index (χ1) is 22.3. The molecule has 2 heterocycles. The zero-order chi connectivity index (χ0) is 32.5. The minimum absolute atomic E-state index is 0.0673. The van der Waals surface area contributed by atoms with Crippen molar-refractivity contribution in [3.63, 3.8) is 0 Å². The van der Waals surface area contributed by atoms with E-state index < -0.39 is 16.9 Å². The van der Waals surface area contributed by atoms with Crippen LogP contribution in [0.15, 0.2) is 54.6 Å². The first-order valence-corrected chi connectivity index (χ1v) is 17.6. The summed E-state index contributed by atoms with van der Waals surface area (Å²) in [5.74, 6) is 0.424. The van der Waals surface area contributed by atoms with Gasteiger partial charge in [0.1, 0.15) is 6.04 Å². The number of unbranched alkanes of at least 4 members (excludes halogenated alkanes) is 1. The molecule has 9 nitrogen and oxygen atoms in total. The second-order valence-electron chi connectivity index (χ2n) is 13.8. The largest absolute Gasteiger partial charge is 0.480 e. The SMILES string of the molecule is CCCCN(C(=O)CCc1ccc([N+](=O)[O-])cc1)C1CCN(CC2CN(C(C(=O)O)C3CCCCC3)CC2c2ccccc2)CC1. The predicted octanol–water partition coefficient (Wildman–Crippen LogP) is 6.37. The summed E-state index contributed by atoms with van der Waals surface area (Å²) in [5.41, 5.74) is 2.32. The van der Waals surface area contributed by atoms with Crippen LogP contribution in [0.2, 0.25) is 0 Å². The number of rotatable bonds is 14. The molecular weight excluding hydrogens is 580 g/mol. The quantitative estimate of drug-likeness (QED) is 0.191. The fourth-order valence-electron chi connectivity index (χ4n) is 8.26. The summed E-state index contributed by atoms with van der Waals surface area (Å²) in [7, 11) is 0. The molecule has 250 valence electrons. The van der Waals surface area contributed by atoms with E-state index in [1.54, 1.807) is 12.1 Å². The molecule has 3 atom stereocenters. The summed E-state index contributed by atoms with van der Waals surface area (Å²) in [6, 6.07) is 17.0. The summed E-state index contributed by atoms with van der Waals surface area (Å²) in [5, 5.41) is 21.3. The predicted molar refractivity (Wildman–Crippen MR) is 180 cm³/mol. The van der Waals surface area contributed by atoms with Crippen LogP contribution in [0.1, 0.15) is 88.2 Å². The molecular formula is C37H52N4O5. The van der Waals surface area contributed by atoms with Crippen LogP contribution in [0, 0.1) is 22.0 Å². The lowest BCUT2D eigenvalue weighted by Crippen LogP contribution is -2.49. The third-order valence-electron chi connectivity index (χ3n) is 10.8. The van der Waals surface area contributed by atoms with Gasteiger partial charge in [0.25, 0.3) is 5.69 Å². The summed E-state index contributed by atoms with van der Waals surface area (Å²) in [4.78, 5) is 43.6. The number of benzene rings is 2. The Balaban J connectivity index is 1.20. The van der Waals surface area contributed by atoms with E-state index in [1.807, 2.05) is 0 Å². The minimum Gasteiger partial charge on any atom is -0.480 e. The molecule has 2 saturated heterocycles. The molecule has 46 heavy (non-hydrogen) atoms. The van der Waals surface area contributed by atoms with Crippen molar-refractivity contribution in [2.24, 2.45) is 11.8 Å². The maximum Gasteiger partial charge on any atom is 0.321 e. The number of piperidine rings is 1. The summed E-state index contributed by atoms with van der Waals surface area (Å²) >= 11 is 0.